The van der Waals surface area contributed by atoms with E-state index in [0.29, 0.717) is 34.1 Å². The van der Waals surface area contributed by atoms with Gasteiger partial charge in [0, 0.05) is 17.7 Å². The van der Waals surface area contributed by atoms with Gasteiger partial charge in [-0.3, -0.25) is 24.6 Å². The van der Waals surface area contributed by atoms with Crippen LogP contribution in [0.5, 0.6) is 5.75 Å². The molecule has 5 rings (SSSR count). The van der Waals surface area contributed by atoms with Crippen LogP contribution < -0.4 is 9.64 Å². The molecule has 1 aliphatic rings. The molecule has 1 aliphatic heterocycles. The van der Waals surface area contributed by atoms with E-state index in [1.807, 2.05) is 26.0 Å². The first-order valence-corrected chi connectivity index (χ1v) is 13.7. The summed E-state index contributed by atoms with van der Waals surface area (Å²) in [7, 11) is 0. The van der Waals surface area contributed by atoms with Crippen LogP contribution in [-0.4, -0.2) is 33.3 Å². The number of nitro groups is 1. The van der Waals surface area contributed by atoms with Gasteiger partial charge in [0.05, 0.1) is 33.4 Å². The largest absolute Gasteiger partial charge is 0.507 e. The van der Waals surface area contributed by atoms with Gasteiger partial charge >= 0.3 is 5.91 Å². The van der Waals surface area contributed by atoms with Crippen molar-refractivity contribution in [1.82, 2.24) is 4.98 Å². The van der Waals surface area contributed by atoms with Crippen LogP contribution in [0.2, 0.25) is 0 Å². The molecular weight excluding hydrogens is 530 g/mol. The lowest BCUT2D eigenvalue weighted by molar-refractivity contribution is -0.384. The summed E-state index contributed by atoms with van der Waals surface area (Å²) in [6.45, 7) is 6.45. The number of hydrogen-bond acceptors (Lipinski definition) is 8. The van der Waals surface area contributed by atoms with Gasteiger partial charge in [-0.15, -0.1) is 0 Å². The predicted octanol–water partition coefficient (Wildman–Crippen LogP) is 6.63. The Morgan fingerprint density at radius 2 is 1.88 bits per heavy atom. The average molecular weight is 558 g/mol. The van der Waals surface area contributed by atoms with Crippen molar-refractivity contribution in [3.8, 4) is 5.75 Å². The van der Waals surface area contributed by atoms with Crippen LogP contribution in [0.1, 0.15) is 48.1 Å². The number of amides is 1. The number of thiazole rings is 1. The van der Waals surface area contributed by atoms with E-state index in [9.17, 15) is 24.8 Å². The molecule has 4 aromatic rings. The molecule has 1 aromatic heterocycles. The van der Waals surface area contributed by atoms with Crippen LogP contribution in [0.15, 0.2) is 66.2 Å². The fourth-order valence-corrected chi connectivity index (χ4v) is 5.98. The fraction of sp³-hybridized carbons (Fsp3) is 0.233. The number of nitrogens with zero attached hydrogens (tertiary/aromatic N) is 3. The zero-order chi connectivity index (χ0) is 28.6. The summed E-state index contributed by atoms with van der Waals surface area (Å²) in [6, 6.07) is 15.2. The maximum absolute atomic E-state index is 13.5. The van der Waals surface area contributed by atoms with E-state index >= 15 is 0 Å². The third kappa shape index (κ3) is 4.93. The topological polar surface area (TPSA) is 123 Å². The van der Waals surface area contributed by atoms with Gasteiger partial charge in [0.15, 0.2) is 5.13 Å². The average Bonchev–Trinajstić information content (AvgIpc) is 3.47. The fourth-order valence-electron chi connectivity index (χ4n) is 4.81. The number of aliphatic hydroxyl groups excluding tert-OH is 1. The molecule has 9 nitrogen and oxygen atoms in total. The number of carbonyl (C=O) groups excluding carboxylic acids is 2. The molecule has 1 fully saturated rings. The molecule has 10 heteroatoms. The number of Topliss-reactive ketones (excluding diaryl/α,β-unsaturated/α-hetero) is 1. The van der Waals surface area contributed by atoms with Crippen molar-refractivity contribution in [2.75, 3.05) is 11.5 Å². The number of carbonyl (C=O) groups is 2. The van der Waals surface area contributed by atoms with Crippen LogP contribution in [0.3, 0.4) is 0 Å². The third-order valence-corrected chi connectivity index (χ3v) is 7.76. The zero-order valence-corrected chi connectivity index (χ0v) is 23.0. The molecule has 0 bridgehead atoms. The van der Waals surface area contributed by atoms with Gasteiger partial charge in [-0.2, -0.15) is 0 Å². The Labute approximate surface area is 234 Å². The first-order chi connectivity index (χ1) is 19.2. The van der Waals surface area contributed by atoms with Gasteiger partial charge in [0.1, 0.15) is 11.5 Å². The molecule has 1 N–H and O–H groups in total. The van der Waals surface area contributed by atoms with Crippen LogP contribution in [0, 0.1) is 24.0 Å². The predicted molar refractivity (Wildman–Crippen MR) is 154 cm³/mol. The van der Waals surface area contributed by atoms with Crippen molar-refractivity contribution in [2.45, 2.75) is 39.7 Å². The molecule has 1 unspecified atom stereocenters. The molecule has 2 heterocycles. The van der Waals surface area contributed by atoms with Crippen LogP contribution in [0.4, 0.5) is 10.8 Å². The highest BCUT2D eigenvalue weighted by molar-refractivity contribution is 7.22. The van der Waals surface area contributed by atoms with Crippen LogP contribution >= 0.6 is 11.3 Å². The summed E-state index contributed by atoms with van der Waals surface area (Å²) in [5.41, 5.74) is 3.16. The van der Waals surface area contributed by atoms with E-state index in [1.54, 1.807) is 24.3 Å². The Morgan fingerprint density at radius 1 is 1.12 bits per heavy atom. The van der Waals surface area contributed by atoms with E-state index in [1.165, 1.54) is 40.5 Å². The molecule has 0 aliphatic carbocycles. The normalized spacial score (nSPS) is 16.6. The number of rotatable bonds is 8. The SMILES string of the molecule is CCCCOc1cccc(/C(O)=C2\C(=O)C(=O)N(c3nc4c(C)cc(C)cc4s3)C2c2ccc([N+](=O)[O-])cc2)c1. The summed E-state index contributed by atoms with van der Waals surface area (Å²) in [5.74, 6) is -1.55. The first-order valence-electron chi connectivity index (χ1n) is 12.9. The number of aromatic nitrogens is 1. The van der Waals surface area contributed by atoms with Crippen molar-refractivity contribution in [3.63, 3.8) is 0 Å². The first kappa shape index (κ1) is 27.0. The van der Waals surface area contributed by atoms with E-state index in [0.717, 1.165) is 28.7 Å². The van der Waals surface area contributed by atoms with Gasteiger partial charge < -0.3 is 9.84 Å². The van der Waals surface area contributed by atoms with Crippen molar-refractivity contribution in [1.29, 1.82) is 0 Å². The number of fused-ring (bicyclic) bond motifs is 1. The number of ether oxygens (including phenoxy) is 1. The lowest BCUT2D eigenvalue weighted by atomic mass is 9.95. The quantitative estimate of drug-likeness (QED) is 0.0644. The summed E-state index contributed by atoms with van der Waals surface area (Å²) >= 11 is 1.27. The molecule has 0 spiro atoms. The van der Waals surface area contributed by atoms with Gasteiger partial charge in [-0.1, -0.05) is 42.9 Å². The number of anilines is 1. The highest BCUT2D eigenvalue weighted by Gasteiger charge is 2.48. The number of hydrogen-bond donors (Lipinski definition) is 1. The van der Waals surface area contributed by atoms with Crippen molar-refractivity contribution >= 4 is 49.8 Å². The lowest BCUT2D eigenvalue weighted by Crippen LogP contribution is -2.29. The number of unbranched alkanes of at least 4 members (excludes halogenated alkanes) is 1. The van der Waals surface area contributed by atoms with E-state index < -0.39 is 22.7 Å². The number of nitro benzene ring substituents is 1. The smallest absolute Gasteiger partial charge is 0.301 e. The Morgan fingerprint density at radius 3 is 2.58 bits per heavy atom. The number of aliphatic hydroxyl groups is 1. The minimum atomic E-state index is -1.05. The minimum absolute atomic E-state index is 0.128. The monoisotopic (exact) mass is 557 g/mol. The maximum atomic E-state index is 13.5. The number of aryl methyl sites for hydroxylation is 2. The second-order valence-corrected chi connectivity index (χ2v) is 10.7. The van der Waals surface area contributed by atoms with Gasteiger partial charge in [0.2, 0.25) is 0 Å². The van der Waals surface area contributed by atoms with Crippen molar-refractivity contribution < 1.29 is 24.4 Å². The number of ketones is 1. The highest BCUT2D eigenvalue weighted by Crippen LogP contribution is 2.45. The molecule has 1 amide bonds. The zero-order valence-electron chi connectivity index (χ0n) is 22.2. The summed E-state index contributed by atoms with van der Waals surface area (Å²) in [5, 5.41) is 23.0. The van der Waals surface area contributed by atoms with Gasteiger partial charge in [-0.05, 0) is 67.3 Å². The van der Waals surface area contributed by atoms with E-state index in [-0.39, 0.29) is 17.0 Å². The Bertz CT molecular complexity index is 1670. The Balaban J connectivity index is 1.67. The van der Waals surface area contributed by atoms with E-state index in [4.69, 9.17) is 9.72 Å². The number of non-ortho nitro benzene ring substituents is 1. The Hall–Kier alpha value is -4.57. The summed E-state index contributed by atoms with van der Waals surface area (Å²) < 4.78 is 6.63. The van der Waals surface area contributed by atoms with E-state index in [2.05, 4.69) is 6.92 Å². The second-order valence-electron chi connectivity index (χ2n) is 9.67. The highest BCUT2D eigenvalue weighted by atomic mass is 32.1. The summed E-state index contributed by atoms with van der Waals surface area (Å²) in [6.07, 6.45) is 1.83. The minimum Gasteiger partial charge on any atom is -0.507 e. The molecule has 0 radical (unpaired) electrons. The maximum Gasteiger partial charge on any atom is 0.301 e. The van der Waals surface area contributed by atoms with Crippen LogP contribution in [0.25, 0.3) is 16.0 Å². The van der Waals surface area contributed by atoms with Crippen LogP contribution in [-0.2, 0) is 9.59 Å². The Kier molecular flexibility index (Phi) is 7.36. The molecular formula is C30H27N3O6S. The molecule has 0 saturated carbocycles. The van der Waals surface area contributed by atoms with Gasteiger partial charge in [0.25, 0.3) is 11.5 Å². The molecule has 204 valence electrons. The lowest BCUT2D eigenvalue weighted by Gasteiger charge is -2.23. The summed E-state index contributed by atoms with van der Waals surface area (Å²) in [4.78, 5) is 43.8. The molecule has 1 atom stereocenters. The second kappa shape index (κ2) is 10.9. The number of benzene rings is 3. The molecule has 3 aromatic carbocycles. The standard InChI is InChI=1S/C30H27N3O6S/c1-4-5-13-39-22-8-6-7-20(16-22)27(34)24-26(19-9-11-21(12-10-19)33(37)38)32(29(36)28(24)35)30-31-25-18(3)14-17(2)15-23(25)40-30/h6-12,14-16,26,34H,4-5,13H2,1-3H3/b27-24+. The molecule has 1 saturated heterocycles. The van der Waals surface area contributed by atoms with Gasteiger partial charge in [-0.25, -0.2) is 4.98 Å². The van der Waals surface area contributed by atoms with Crippen molar-refractivity contribution in [2.24, 2.45) is 0 Å². The third-order valence-electron chi connectivity index (χ3n) is 6.76. The molecule has 40 heavy (non-hydrogen) atoms. The van der Waals surface area contributed by atoms with Crippen molar-refractivity contribution in [3.05, 3.63) is 98.6 Å².